The Hall–Kier alpha value is -2.50. The first-order chi connectivity index (χ1) is 8.88. The zero-order valence-corrected chi connectivity index (χ0v) is 9.32. The van der Waals surface area contributed by atoms with Gasteiger partial charge in [0.15, 0.2) is 0 Å². The van der Waals surface area contributed by atoms with Crippen LogP contribution in [0.25, 0.3) is 11.1 Å². The molecule has 0 atom stereocenters. The number of halogens is 3. The number of phenolic OH excluding ortho intramolecular Hbond substituents is 1. The molecule has 2 aromatic rings. The highest BCUT2D eigenvalue weighted by atomic mass is 19.1. The summed E-state index contributed by atoms with van der Waals surface area (Å²) in [6.07, 6.45) is 0. The van der Waals surface area contributed by atoms with E-state index in [-0.39, 0.29) is 11.1 Å². The fourth-order valence-electron chi connectivity index (χ4n) is 1.70. The third kappa shape index (κ3) is 2.52. The van der Waals surface area contributed by atoms with Crippen LogP contribution in [0.1, 0.15) is 10.4 Å². The van der Waals surface area contributed by atoms with Gasteiger partial charge in [-0.1, -0.05) is 0 Å². The van der Waals surface area contributed by atoms with Crippen LogP contribution in [0.2, 0.25) is 0 Å². The number of aromatic hydroxyl groups is 1. The van der Waals surface area contributed by atoms with Crippen LogP contribution in [0, 0.1) is 17.5 Å². The highest BCUT2D eigenvalue weighted by Crippen LogP contribution is 2.30. The largest absolute Gasteiger partial charge is 0.508 e. The molecule has 19 heavy (non-hydrogen) atoms. The van der Waals surface area contributed by atoms with Gasteiger partial charge in [-0.15, -0.1) is 0 Å². The van der Waals surface area contributed by atoms with Gasteiger partial charge in [0.25, 0.3) is 0 Å². The molecule has 0 aliphatic carbocycles. The SMILES string of the molecule is O=C(O)c1cc(O)cc(-c2c(F)cc(F)cc2F)c1. The maximum atomic E-state index is 13.6. The summed E-state index contributed by atoms with van der Waals surface area (Å²) < 4.78 is 39.9. The second-order valence-electron chi connectivity index (χ2n) is 3.82. The summed E-state index contributed by atoms with van der Waals surface area (Å²) in [6, 6.07) is 3.87. The van der Waals surface area contributed by atoms with Gasteiger partial charge in [-0.05, 0) is 23.8 Å². The predicted molar refractivity (Wildman–Crippen MR) is 60.4 cm³/mol. The zero-order valence-electron chi connectivity index (χ0n) is 9.32. The fraction of sp³-hybridized carbons (Fsp3) is 0. The monoisotopic (exact) mass is 268 g/mol. The van der Waals surface area contributed by atoms with Crippen molar-refractivity contribution >= 4 is 5.97 Å². The molecule has 0 bridgehead atoms. The maximum Gasteiger partial charge on any atom is 0.335 e. The number of hydrogen-bond acceptors (Lipinski definition) is 2. The average Bonchev–Trinajstić information content (AvgIpc) is 2.26. The van der Waals surface area contributed by atoms with Gasteiger partial charge in [0, 0.05) is 12.1 Å². The van der Waals surface area contributed by atoms with Crippen LogP contribution in [0.15, 0.2) is 30.3 Å². The van der Waals surface area contributed by atoms with Crippen LogP contribution >= 0.6 is 0 Å². The molecule has 0 fully saturated rings. The Morgan fingerprint density at radius 2 is 1.53 bits per heavy atom. The molecule has 0 aromatic heterocycles. The lowest BCUT2D eigenvalue weighted by Crippen LogP contribution is -1.98. The van der Waals surface area contributed by atoms with Crippen LogP contribution in [0.5, 0.6) is 5.75 Å². The number of rotatable bonds is 2. The quantitative estimate of drug-likeness (QED) is 0.879. The van der Waals surface area contributed by atoms with Crippen LogP contribution in [0.4, 0.5) is 13.2 Å². The van der Waals surface area contributed by atoms with Crippen molar-refractivity contribution in [3.05, 3.63) is 53.3 Å². The van der Waals surface area contributed by atoms with Crippen molar-refractivity contribution in [2.75, 3.05) is 0 Å². The van der Waals surface area contributed by atoms with Gasteiger partial charge in [-0.25, -0.2) is 18.0 Å². The van der Waals surface area contributed by atoms with Gasteiger partial charge in [0.2, 0.25) is 0 Å². The molecule has 2 N–H and O–H groups in total. The van der Waals surface area contributed by atoms with Crippen LogP contribution < -0.4 is 0 Å². The summed E-state index contributed by atoms with van der Waals surface area (Å²) in [7, 11) is 0. The van der Waals surface area contributed by atoms with E-state index in [1.807, 2.05) is 0 Å². The summed E-state index contributed by atoms with van der Waals surface area (Å²) in [5.74, 6) is -5.27. The summed E-state index contributed by atoms with van der Waals surface area (Å²) in [4.78, 5) is 10.8. The highest BCUT2D eigenvalue weighted by molar-refractivity contribution is 5.90. The van der Waals surface area contributed by atoms with Crippen molar-refractivity contribution in [3.63, 3.8) is 0 Å². The van der Waals surface area contributed by atoms with E-state index in [1.54, 1.807) is 0 Å². The van der Waals surface area contributed by atoms with Crippen LogP contribution in [-0.2, 0) is 0 Å². The molecule has 2 aromatic carbocycles. The van der Waals surface area contributed by atoms with Crippen molar-refractivity contribution in [3.8, 4) is 16.9 Å². The van der Waals surface area contributed by atoms with Gasteiger partial charge in [-0.3, -0.25) is 0 Å². The average molecular weight is 268 g/mol. The molecule has 0 radical (unpaired) electrons. The van der Waals surface area contributed by atoms with Crippen molar-refractivity contribution in [2.24, 2.45) is 0 Å². The molecule has 0 aliphatic heterocycles. The number of carboxylic acid groups (broad SMARTS) is 1. The molecule has 0 saturated heterocycles. The lowest BCUT2D eigenvalue weighted by Gasteiger charge is -2.07. The molecular weight excluding hydrogens is 261 g/mol. The summed E-state index contributed by atoms with van der Waals surface area (Å²) >= 11 is 0. The third-order valence-corrected chi connectivity index (χ3v) is 2.46. The van der Waals surface area contributed by atoms with E-state index in [4.69, 9.17) is 5.11 Å². The first kappa shape index (κ1) is 12.9. The molecule has 0 spiro atoms. The summed E-state index contributed by atoms with van der Waals surface area (Å²) in [5, 5.41) is 18.2. The van der Waals surface area contributed by atoms with E-state index in [1.165, 1.54) is 0 Å². The molecule has 0 unspecified atom stereocenters. The highest BCUT2D eigenvalue weighted by Gasteiger charge is 2.16. The molecule has 3 nitrogen and oxygen atoms in total. The predicted octanol–water partition coefficient (Wildman–Crippen LogP) is 3.17. The molecular formula is C13H7F3O3. The van der Waals surface area contributed by atoms with Gasteiger partial charge in [-0.2, -0.15) is 0 Å². The van der Waals surface area contributed by atoms with E-state index in [2.05, 4.69) is 0 Å². The fourth-order valence-corrected chi connectivity index (χ4v) is 1.70. The van der Waals surface area contributed by atoms with Gasteiger partial charge in [0.1, 0.15) is 23.2 Å². The lowest BCUT2D eigenvalue weighted by molar-refractivity contribution is 0.0696. The van der Waals surface area contributed by atoms with E-state index in [0.29, 0.717) is 12.1 Å². The number of phenols is 1. The molecule has 0 aliphatic rings. The Labute approximate surface area is 105 Å². The molecule has 6 heteroatoms. The van der Waals surface area contributed by atoms with Gasteiger partial charge >= 0.3 is 5.97 Å². The summed E-state index contributed by atoms with van der Waals surface area (Å²) in [6.45, 7) is 0. The first-order valence-corrected chi connectivity index (χ1v) is 5.11. The third-order valence-electron chi connectivity index (χ3n) is 2.46. The van der Waals surface area contributed by atoms with Crippen molar-refractivity contribution in [2.45, 2.75) is 0 Å². The van der Waals surface area contributed by atoms with E-state index in [0.717, 1.165) is 18.2 Å². The topological polar surface area (TPSA) is 57.5 Å². The lowest BCUT2D eigenvalue weighted by atomic mass is 10.0. The summed E-state index contributed by atoms with van der Waals surface area (Å²) in [5.41, 5.74) is -1.12. The van der Waals surface area contributed by atoms with Gasteiger partial charge < -0.3 is 10.2 Å². The minimum atomic E-state index is -1.36. The molecule has 0 saturated carbocycles. The minimum absolute atomic E-state index is 0.188. The Morgan fingerprint density at radius 1 is 0.947 bits per heavy atom. The van der Waals surface area contributed by atoms with E-state index >= 15 is 0 Å². The zero-order chi connectivity index (χ0) is 14.2. The van der Waals surface area contributed by atoms with Gasteiger partial charge in [0.05, 0.1) is 11.1 Å². The number of carbonyl (C=O) groups is 1. The smallest absolute Gasteiger partial charge is 0.335 e. The molecule has 0 heterocycles. The van der Waals surface area contributed by atoms with E-state index < -0.39 is 34.7 Å². The molecule has 2 rings (SSSR count). The molecule has 0 amide bonds. The number of aromatic carboxylic acids is 1. The minimum Gasteiger partial charge on any atom is -0.508 e. The van der Waals surface area contributed by atoms with Crippen molar-refractivity contribution < 1.29 is 28.2 Å². The Kier molecular flexibility index (Phi) is 3.16. The second-order valence-corrected chi connectivity index (χ2v) is 3.82. The van der Waals surface area contributed by atoms with Crippen LogP contribution in [-0.4, -0.2) is 16.2 Å². The Bertz CT molecular complexity index is 645. The Morgan fingerprint density at radius 3 is 2.05 bits per heavy atom. The van der Waals surface area contributed by atoms with Crippen LogP contribution in [0.3, 0.4) is 0 Å². The molecule has 98 valence electrons. The van der Waals surface area contributed by atoms with E-state index in [9.17, 15) is 23.1 Å². The Balaban J connectivity index is 2.69. The first-order valence-electron chi connectivity index (χ1n) is 5.11. The van der Waals surface area contributed by atoms with Crippen molar-refractivity contribution in [1.82, 2.24) is 0 Å². The standard InChI is InChI=1S/C13H7F3O3/c14-8-4-10(15)12(11(16)5-8)6-1-7(13(18)19)3-9(17)2-6/h1-5,17H,(H,18,19). The second kappa shape index (κ2) is 4.64. The number of carboxylic acids is 1. The normalized spacial score (nSPS) is 10.5. The van der Waals surface area contributed by atoms with Crippen molar-refractivity contribution in [1.29, 1.82) is 0 Å². The number of benzene rings is 2. The number of hydrogen-bond donors (Lipinski definition) is 2. The maximum absolute atomic E-state index is 13.6.